The lowest BCUT2D eigenvalue weighted by Gasteiger charge is -2.21. The van der Waals surface area contributed by atoms with Gasteiger partial charge in [0.1, 0.15) is 94.2 Å². The van der Waals surface area contributed by atoms with Crippen molar-refractivity contribution >= 4 is 235 Å². The molecule has 0 unspecified atom stereocenters. The van der Waals surface area contributed by atoms with Crippen molar-refractivity contribution in [2.45, 2.75) is 0 Å². The Kier molecular flexibility index (Phi) is 9.09. The van der Waals surface area contributed by atoms with Crippen LogP contribution in [0.3, 0.4) is 0 Å². The molecule has 0 bridgehead atoms. The minimum Gasteiger partial charge on any atom is -0.308 e. The van der Waals surface area contributed by atoms with Gasteiger partial charge in [0.15, 0.2) is 11.6 Å². The second-order valence-corrected chi connectivity index (χ2v) is 16.5. The lowest BCUT2D eigenvalue weighted by molar-refractivity contribution is 0.957. The van der Waals surface area contributed by atoms with E-state index in [4.69, 9.17) is 109 Å². The highest BCUT2D eigenvalue weighted by atomic mass is 32.1. The van der Waals surface area contributed by atoms with E-state index in [9.17, 15) is 0 Å². The predicted molar refractivity (Wildman–Crippen MR) is 277 cm³/mol. The highest BCUT2D eigenvalue weighted by molar-refractivity contribution is 7.26. The minimum atomic E-state index is 0.0233. The van der Waals surface area contributed by atoms with Crippen LogP contribution in [0.4, 0.5) is 0 Å². The number of para-hydroxylation sites is 1. The second kappa shape index (κ2) is 14.3. The molecule has 0 N–H and O–H groups in total. The molecular weight excluding hydrogens is 772 g/mol. The van der Waals surface area contributed by atoms with Crippen molar-refractivity contribution in [3.8, 4) is 34.4 Å². The number of aromatic nitrogens is 5. The van der Waals surface area contributed by atoms with E-state index in [1.165, 1.54) is 0 Å². The van der Waals surface area contributed by atoms with E-state index in [0.29, 0.717) is 60.1 Å². The van der Waals surface area contributed by atoms with Crippen molar-refractivity contribution in [1.29, 1.82) is 0 Å². The smallest absolute Gasteiger partial charge is 0.238 e. The van der Waals surface area contributed by atoms with Gasteiger partial charge in [0, 0.05) is 58.7 Å². The summed E-state index contributed by atoms with van der Waals surface area (Å²) in [7, 11) is 80.8. The Hall–Kier alpha value is -5.85. The maximum atomic E-state index is 7.18. The quantitative estimate of drug-likeness (QED) is 0.183. The SMILES string of the molecule is [B]c1cc([B])c2c(c1)c1c([B])c([B])c3c4c([B])c([B])cc([B])c4n(-c4ccccc4)c3c1n2-c1nc(-c2c([B])c([B])c([B])c([B])c2[B])nc(-c2cccc3c2sc2ccccc23)n1. The molecule has 63 heavy (non-hydrogen) atoms. The maximum absolute atomic E-state index is 7.18. The van der Waals surface area contributed by atoms with Gasteiger partial charge in [0.05, 0.1) is 16.6 Å². The number of benzene rings is 7. The molecule has 7 aromatic carbocycles. The van der Waals surface area contributed by atoms with Crippen LogP contribution >= 0.6 is 11.3 Å². The number of rotatable bonds is 4. The zero-order chi connectivity index (χ0) is 43.9. The summed E-state index contributed by atoms with van der Waals surface area (Å²) in [6.07, 6.45) is 0. The maximum Gasteiger partial charge on any atom is 0.238 e. The van der Waals surface area contributed by atoms with Crippen LogP contribution in [0.25, 0.3) is 98.2 Å². The first-order valence-corrected chi connectivity index (χ1v) is 20.3. The fourth-order valence-electron chi connectivity index (χ4n) is 9.04. The Balaban J connectivity index is 1.40. The van der Waals surface area contributed by atoms with Crippen molar-refractivity contribution in [2.24, 2.45) is 0 Å². The van der Waals surface area contributed by atoms with Crippen molar-refractivity contribution in [2.75, 3.05) is 0 Å². The first kappa shape index (κ1) is 40.0. The summed E-state index contributed by atoms with van der Waals surface area (Å²) in [5, 5.41) is 4.16. The van der Waals surface area contributed by atoms with Gasteiger partial charge in [0.25, 0.3) is 0 Å². The fourth-order valence-corrected chi connectivity index (χ4v) is 10.2. The van der Waals surface area contributed by atoms with E-state index in [1.807, 2.05) is 63.7 Å². The molecule has 5 nitrogen and oxygen atoms in total. The summed E-state index contributed by atoms with van der Waals surface area (Å²) < 4.78 is 5.79. The van der Waals surface area contributed by atoms with Crippen LogP contribution < -0.4 is 65.6 Å². The average molecular weight is 787 g/mol. The highest BCUT2D eigenvalue weighted by Crippen LogP contribution is 2.41. The number of hydrogen-bond donors (Lipinski definition) is 0. The molecule has 0 aliphatic carbocycles. The van der Waals surface area contributed by atoms with Gasteiger partial charge in [-0.25, -0.2) is 4.98 Å². The molecule has 262 valence electrons. The summed E-state index contributed by atoms with van der Waals surface area (Å²) in [5.41, 5.74) is 5.77. The fraction of sp³-hybridized carbons (Fsp3) is 0. The molecule has 4 aromatic heterocycles. The Morgan fingerprint density at radius 3 is 1.76 bits per heavy atom. The Bertz CT molecular complexity index is 3810. The molecule has 0 amide bonds. The lowest BCUT2D eigenvalue weighted by Crippen LogP contribution is -2.55. The van der Waals surface area contributed by atoms with E-state index >= 15 is 0 Å². The summed E-state index contributed by atoms with van der Waals surface area (Å²) in [6.45, 7) is 0. The van der Waals surface area contributed by atoms with Gasteiger partial charge in [-0.1, -0.05) is 110 Å². The average Bonchev–Trinajstić information content (AvgIpc) is 3.95. The molecule has 0 saturated heterocycles. The van der Waals surface area contributed by atoms with Crippen molar-refractivity contribution < 1.29 is 0 Å². The van der Waals surface area contributed by atoms with Crippen molar-refractivity contribution in [3.63, 3.8) is 0 Å². The number of fused-ring (bicyclic) bond motifs is 10. The van der Waals surface area contributed by atoms with Gasteiger partial charge in [-0.05, 0) is 29.7 Å². The zero-order valence-corrected chi connectivity index (χ0v) is 34.0. The van der Waals surface area contributed by atoms with Crippen molar-refractivity contribution in [1.82, 2.24) is 24.1 Å². The van der Waals surface area contributed by atoms with Crippen LogP contribution in [0, 0.1) is 0 Å². The molecule has 11 aromatic rings. The van der Waals surface area contributed by atoms with E-state index in [1.54, 1.807) is 29.5 Å². The molecule has 0 saturated carbocycles. The van der Waals surface area contributed by atoms with E-state index in [-0.39, 0.29) is 77.8 Å². The molecule has 18 heteroatoms. The summed E-state index contributed by atoms with van der Waals surface area (Å²) >= 11 is 1.61. The molecule has 0 spiro atoms. The Morgan fingerprint density at radius 2 is 1.02 bits per heavy atom. The largest absolute Gasteiger partial charge is 0.308 e. The first-order valence-electron chi connectivity index (χ1n) is 19.5. The molecule has 11 rings (SSSR count). The van der Waals surface area contributed by atoms with Crippen LogP contribution in [0.1, 0.15) is 0 Å². The van der Waals surface area contributed by atoms with Crippen LogP contribution in [0.15, 0.2) is 91.0 Å². The Labute approximate surface area is 382 Å². The second-order valence-electron chi connectivity index (χ2n) is 15.5. The van der Waals surface area contributed by atoms with Gasteiger partial charge in [-0.3, -0.25) is 4.57 Å². The van der Waals surface area contributed by atoms with Gasteiger partial charge in [-0.2, -0.15) is 9.97 Å². The molecule has 24 radical (unpaired) electrons. The number of hydrogen-bond acceptors (Lipinski definition) is 4. The number of nitrogens with zero attached hydrogens (tertiary/aromatic N) is 5. The zero-order valence-electron chi connectivity index (χ0n) is 33.2. The van der Waals surface area contributed by atoms with Gasteiger partial charge < -0.3 is 4.57 Å². The monoisotopic (exact) mass is 789 g/mol. The van der Waals surface area contributed by atoms with Gasteiger partial charge >= 0.3 is 0 Å². The third-order valence-corrected chi connectivity index (χ3v) is 13.1. The standard InChI is InChI=1S/C45H15B12N5S/c46-16-13-21-26-31(51)32(52)28-27-30(50)22(47)15-24(49)39(27)61(17-7-2-1-3-8-17)41(28)40(26)62(38(21)23(48)14-16)45-59-43(20-11-6-10-19-18-9-4-5-12-25(18)63-42(19)20)58-44(60-45)29-33(53)35(55)37(57)36(56)34(29)54/h1-15H. The highest BCUT2D eigenvalue weighted by Gasteiger charge is 2.29. The molecule has 0 aliphatic rings. The normalized spacial score (nSPS) is 11.9. The molecule has 0 aliphatic heterocycles. The van der Waals surface area contributed by atoms with Gasteiger partial charge in [0.2, 0.25) is 5.95 Å². The molecule has 4 heterocycles. The topological polar surface area (TPSA) is 48.5 Å². The third kappa shape index (κ3) is 5.62. The van der Waals surface area contributed by atoms with Crippen molar-refractivity contribution in [3.05, 3.63) is 91.0 Å². The third-order valence-electron chi connectivity index (χ3n) is 11.9. The summed E-state index contributed by atoms with van der Waals surface area (Å²) in [5.74, 6) is 0.414. The predicted octanol–water partition coefficient (Wildman–Crippen LogP) is -2.71. The van der Waals surface area contributed by atoms with Crippen LogP contribution in [0.2, 0.25) is 0 Å². The minimum absolute atomic E-state index is 0.0233. The Morgan fingerprint density at radius 1 is 0.413 bits per heavy atom. The number of thiophene rings is 1. The van der Waals surface area contributed by atoms with Crippen LogP contribution in [0.5, 0.6) is 0 Å². The van der Waals surface area contributed by atoms with E-state index in [0.717, 1.165) is 25.9 Å². The molecule has 0 atom stereocenters. The molecule has 0 fully saturated rings. The van der Waals surface area contributed by atoms with E-state index in [2.05, 4.69) is 18.2 Å². The van der Waals surface area contributed by atoms with Gasteiger partial charge in [-0.15, -0.1) is 33.2 Å². The van der Waals surface area contributed by atoms with E-state index < -0.39 is 0 Å². The summed E-state index contributed by atoms with van der Waals surface area (Å²) in [4.78, 5) is 15.5. The first-order chi connectivity index (χ1) is 30.3. The summed E-state index contributed by atoms with van der Waals surface area (Å²) in [6, 6.07) is 28.8. The van der Waals surface area contributed by atoms with Crippen LogP contribution in [-0.4, -0.2) is 118 Å². The lowest BCUT2D eigenvalue weighted by atomic mass is 9.60. The molecular formula is C45H15B12N5S. The van der Waals surface area contributed by atoms with Crippen LogP contribution in [-0.2, 0) is 0 Å².